The van der Waals surface area contributed by atoms with E-state index in [4.69, 9.17) is 4.74 Å². The van der Waals surface area contributed by atoms with Crippen molar-refractivity contribution >= 4 is 28.8 Å². The van der Waals surface area contributed by atoms with Crippen molar-refractivity contribution in [2.24, 2.45) is 0 Å². The van der Waals surface area contributed by atoms with Gasteiger partial charge in [-0.25, -0.2) is 4.90 Å². The molecular weight excluding hydrogens is 412 g/mol. The fraction of sp³-hybridized carbons (Fsp3) is 0.214. The van der Waals surface area contributed by atoms with Crippen LogP contribution >= 0.6 is 0 Å². The molecule has 3 aromatic rings. The Labute approximate surface area is 194 Å². The summed E-state index contributed by atoms with van der Waals surface area (Å²) in [7, 11) is 0. The summed E-state index contributed by atoms with van der Waals surface area (Å²) in [5, 5.41) is 3.22. The Hall–Kier alpha value is -3.86. The number of hydrogen-bond donors (Lipinski definition) is 1. The standard InChI is InChI=1S/C28H28N2O3/c1-5-17-33-23-15-11-21(12-16-23)25-26(29-22-13-9-18(2)10-14-22)28(32)30(27(25)31)24-8-6-7-19(3)20(24)4/h6-16,29H,5,17H2,1-4H3. The van der Waals surface area contributed by atoms with Crippen LogP contribution in [-0.4, -0.2) is 18.4 Å². The van der Waals surface area contributed by atoms with E-state index >= 15 is 0 Å². The predicted molar refractivity (Wildman–Crippen MR) is 132 cm³/mol. The highest BCUT2D eigenvalue weighted by molar-refractivity contribution is 6.46. The first-order valence-corrected chi connectivity index (χ1v) is 11.2. The van der Waals surface area contributed by atoms with Gasteiger partial charge in [0.1, 0.15) is 11.4 Å². The van der Waals surface area contributed by atoms with Crippen molar-refractivity contribution in [2.45, 2.75) is 34.1 Å². The van der Waals surface area contributed by atoms with Gasteiger partial charge in [0.15, 0.2) is 0 Å². The van der Waals surface area contributed by atoms with Gasteiger partial charge in [-0.1, -0.05) is 48.9 Å². The molecule has 0 saturated carbocycles. The molecule has 2 amide bonds. The molecule has 0 fully saturated rings. The minimum Gasteiger partial charge on any atom is -0.494 e. The molecule has 5 heteroatoms. The van der Waals surface area contributed by atoms with E-state index in [9.17, 15) is 9.59 Å². The van der Waals surface area contributed by atoms with Gasteiger partial charge in [0.2, 0.25) is 0 Å². The number of carbonyl (C=O) groups is 2. The molecule has 0 radical (unpaired) electrons. The zero-order valence-corrected chi connectivity index (χ0v) is 19.4. The Morgan fingerprint density at radius 1 is 0.848 bits per heavy atom. The van der Waals surface area contributed by atoms with Crippen LogP contribution in [0, 0.1) is 20.8 Å². The number of nitrogens with one attached hydrogen (secondary N) is 1. The van der Waals surface area contributed by atoms with Crippen LogP contribution < -0.4 is 15.0 Å². The molecule has 0 unspecified atom stereocenters. The maximum absolute atomic E-state index is 13.7. The highest BCUT2D eigenvalue weighted by atomic mass is 16.5. The maximum Gasteiger partial charge on any atom is 0.282 e. The van der Waals surface area contributed by atoms with E-state index in [0.717, 1.165) is 34.5 Å². The SMILES string of the molecule is CCCOc1ccc(C2=C(Nc3ccc(C)cc3)C(=O)N(c3cccc(C)c3C)C2=O)cc1. The quantitative estimate of drug-likeness (QED) is 0.472. The van der Waals surface area contributed by atoms with Gasteiger partial charge in [0.25, 0.3) is 11.8 Å². The van der Waals surface area contributed by atoms with E-state index < -0.39 is 0 Å². The van der Waals surface area contributed by atoms with E-state index in [1.54, 1.807) is 0 Å². The first kappa shape index (κ1) is 22.3. The molecule has 0 atom stereocenters. The number of imide groups is 1. The molecule has 1 N–H and O–H groups in total. The smallest absolute Gasteiger partial charge is 0.282 e. The lowest BCUT2D eigenvalue weighted by atomic mass is 10.0. The van der Waals surface area contributed by atoms with Crippen molar-refractivity contribution in [3.05, 3.63) is 94.7 Å². The van der Waals surface area contributed by atoms with Crippen molar-refractivity contribution in [3.63, 3.8) is 0 Å². The number of amides is 2. The number of anilines is 2. The Bertz CT molecular complexity index is 1230. The number of carbonyl (C=O) groups excluding carboxylic acids is 2. The lowest BCUT2D eigenvalue weighted by molar-refractivity contribution is -0.120. The van der Waals surface area contributed by atoms with E-state index in [1.165, 1.54) is 4.90 Å². The number of benzene rings is 3. The largest absolute Gasteiger partial charge is 0.494 e. The molecule has 5 nitrogen and oxygen atoms in total. The van der Waals surface area contributed by atoms with Gasteiger partial charge in [-0.3, -0.25) is 9.59 Å². The molecular formula is C28H28N2O3. The number of hydrogen-bond acceptors (Lipinski definition) is 4. The molecule has 1 aliphatic rings. The van der Waals surface area contributed by atoms with Gasteiger partial charge in [-0.2, -0.15) is 0 Å². The second-order valence-corrected chi connectivity index (χ2v) is 8.28. The minimum atomic E-state index is -0.365. The third kappa shape index (κ3) is 4.40. The molecule has 4 rings (SSSR count). The Balaban J connectivity index is 1.78. The first-order chi connectivity index (χ1) is 15.9. The Morgan fingerprint density at radius 2 is 1.55 bits per heavy atom. The summed E-state index contributed by atoms with van der Waals surface area (Å²) in [5.41, 5.74) is 5.68. The van der Waals surface area contributed by atoms with Crippen LogP contribution in [0.3, 0.4) is 0 Å². The fourth-order valence-corrected chi connectivity index (χ4v) is 3.83. The van der Waals surface area contributed by atoms with Gasteiger partial charge in [-0.15, -0.1) is 0 Å². The molecule has 3 aromatic carbocycles. The molecule has 1 heterocycles. The van der Waals surface area contributed by atoms with Gasteiger partial charge < -0.3 is 10.1 Å². The first-order valence-electron chi connectivity index (χ1n) is 11.2. The average molecular weight is 441 g/mol. The van der Waals surface area contributed by atoms with E-state index in [-0.39, 0.29) is 17.5 Å². The van der Waals surface area contributed by atoms with Crippen molar-refractivity contribution in [2.75, 3.05) is 16.8 Å². The summed E-state index contributed by atoms with van der Waals surface area (Å²) in [6.45, 7) is 8.57. The van der Waals surface area contributed by atoms with Gasteiger partial charge in [0, 0.05) is 5.69 Å². The van der Waals surface area contributed by atoms with E-state index in [1.807, 2.05) is 94.4 Å². The predicted octanol–water partition coefficient (Wildman–Crippen LogP) is 5.80. The van der Waals surface area contributed by atoms with Crippen molar-refractivity contribution in [1.82, 2.24) is 0 Å². The van der Waals surface area contributed by atoms with Crippen LogP contribution in [0.25, 0.3) is 5.57 Å². The lowest BCUT2D eigenvalue weighted by Crippen LogP contribution is -2.33. The third-order valence-electron chi connectivity index (χ3n) is 5.84. The molecule has 1 aliphatic heterocycles. The number of nitrogens with zero attached hydrogens (tertiary/aromatic N) is 1. The summed E-state index contributed by atoms with van der Waals surface area (Å²) in [4.78, 5) is 28.5. The van der Waals surface area contributed by atoms with Crippen LogP contribution in [0.15, 0.2) is 72.4 Å². The van der Waals surface area contributed by atoms with Crippen molar-refractivity contribution in [3.8, 4) is 5.75 Å². The number of ether oxygens (including phenoxy) is 1. The molecule has 0 bridgehead atoms. The van der Waals surface area contributed by atoms with Crippen LogP contribution in [0.2, 0.25) is 0 Å². The fourth-order valence-electron chi connectivity index (χ4n) is 3.83. The Kier molecular flexibility index (Phi) is 6.31. The normalized spacial score (nSPS) is 13.6. The van der Waals surface area contributed by atoms with Gasteiger partial charge in [0.05, 0.1) is 17.9 Å². The van der Waals surface area contributed by atoms with Crippen molar-refractivity contribution in [1.29, 1.82) is 0 Å². The maximum atomic E-state index is 13.7. The van der Waals surface area contributed by atoms with Crippen LogP contribution in [0.5, 0.6) is 5.75 Å². The zero-order valence-electron chi connectivity index (χ0n) is 19.4. The molecule has 0 aliphatic carbocycles. The van der Waals surface area contributed by atoms with E-state index in [0.29, 0.717) is 23.4 Å². The molecule has 0 aromatic heterocycles. The molecule has 0 saturated heterocycles. The number of aryl methyl sites for hydroxylation is 2. The van der Waals surface area contributed by atoms with Gasteiger partial charge >= 0.3 is 0 Å². The Morgan fingerprint density at radius 3 is 2.21 bits per heavy atom. The third-order valence-corrected chi connectivity index (χ3v) is 5.84. The second kappa shape index (κ2) is 9.33. The minimum absolute atomic E-state index is 0.270. The summed E-state index contributed by atoms with van der Waals surface area (Å²) in [6.07, 6.45) is 0.912. The topological polar surface area (TPSA) is 58.6 Å². The summed E-state index contributed by atoms with van der Waals surface area (Å²) in [6, 6.07) is 20.7. The molecule has 168 valence electrons. The second-order valence-electron chi connectivity index (χ2n) is 8.28. The lowest BCUT2D eigenvalue weighted by Gasteiger charge is -2.19. The molecule has 0 spiro atoms. The zero-order chi connectivity index (χ0) is 23.5. The van der Waals surface area contributed by atoms with Crippen LogP contribution in [0.4, 0.5) is 11.4 Å². The molecule has 33 heavy (non-hydrogen) atoms. The van der Waals surface area contributed by atoms with Gasteiger partial charge in [-0.05, 0) is 74.2 Å². The van der Waals surface area contributed by atoms with Crippen LogP contribution in [0.1, 0.15) is 35.6 Å². The van der Waals surface area contributed by atoms with E-state index in [2.05, 4.69) is 5.32 Å². The highest BCUT2D eigenvalue weighted by Gasteiger charge is 2.40. The number of rotatable bonds is 7. The summed E-state index contributed by atoms with van der Waals surface area (Å²) >= 11 is 0. The van der Waals surface area contributed by atoms with Crippen molar-refractivity contribution < 1.29 is 14.3 Å². The summed E-state index contributed by atoms with van der Waals surface area (Å²) in [5.74, 6) is 0.0264. The van der Waals surface area contributed by atoms with Crippen LogP contribution in [-0.2, 0) is 9.59 Å². The highest BCUT2D eigenvalue weighted by Crippen LogP contribution is 2.36. The average Bonchev–Trinajstić information content (AvgIpc) is 3.05. The monoisotopic (exact) mass is 440 g/mol. The summed E-state index contributed by atoms with van der Waals surface area (Å²) < 4.78 is 5.68.